The van der Waals surface area contributed by atoms with Gasteiger partial charge in [-0.3, -0.25) is 0 Å². The van der Waals surface area contributed by atoms with Crippen LogP contribution in [0.2, 0.25) is 0 Å². The van der Waals surface area contributed by atoms with Gasteiger partial charge in [-0.1, -0.05) is 29.5 Å². The number of benzene rings is 2. The van der Waals surface area contributed by atoms with Crippen LogP contribution in [0.15, 0.2) is 57.8 Å². The molecule has 1 aromatic heterocycles. The fraction of sp³-hybridized carbons (Fsp3) is 0.0667. The largest absolute Gasteiger partial charge is 0.416 e. The average molecular weight is 400 g/mol. The van der Waals surface area contributed by atoms with Gasteiger partial charge in [0, 0.05) is 0 Å². The molecule has 0 amide bonds. The number of rotatable bonds is 3. The van der Waals surface area contributed by atoms with E-state index in [4.69, 9.17) is 5.73 Å². The molecule has 0 aliphatic heterocycles. The predicted molar refractivity (Wildman–Crippen MR) is 93.5 cm³/mol. The van der Waals surface area contributed by atoms with Gasteiger partial charge in [0.15, 0.2) is 5.13 Å². The topological polar surface area (TPSA) is 97.4 Å². The number of fused-ring (bicyclic) bond motifs is 1. The van der Waals surface area contributed by atoms with Gasteiger partial charge in [-0.2, -0.15) is 21.6 Å². The number of anilines is 1. The number of hydrogen-bond acceptors (Lipinski definition) is 4. The van der Waals surface area contributed by atoms with Crippen molar-refractivity contribution < 1.29 is 21.6 Å². The fourth-order valence-corrected chi connectivity index (χ4v) is 3.88. The van der Waals surface area contributed by atoms with E-state index >= 15 is 0 Å². The van der Waals surface area contributed by atoms with E-state index in [2.05, 4.69) is 14.7 Å². The number of alkyl halides is 3. The van der Waals surface area contributed by atoms with Crippen molar-refractivity contribution >= 4 is 42.7 Å². The van der Waals surface area contributed by atoms with Gasteiger partial charge in [-0.25, -0.2) is 4.98 Å². The summed E-state index contributed by atoms with van der Waals surface area (Å²) in [4.78, 5) is 3.60. The number of para-hydroxylation sites is 1. The minimum Gasteiger partial charge on any atom is -0.369 e. The van der Waals surface area contributed by atoms with Gasteiger partial charge in [0.1, 0.15) is 0 Å². The minimum atomic E-state index is -4.67. The molecule has 3 N–H and O–H groups in total. The number of halogens is 3. The molecule has 6 nitrogen and oxygen atoms in total. The van der Waals surface area contributed by atoms with Crippen LogP contribution in [0.1, 0.15) is 5.56 Å². The quantitative estimate of drug-likeness (QED) is 0.519. The van der Waals surface area contributed by atoms with Gasteiger partial charge in [0.25, 0.3) is 10.0 Å². The monoisotopic (exact) mass is 400 g/mol. The van der Waals surface area contributed by atoms with Crippen LogP contribution in [0, 0.1) is 0 Å². The summed E-state index contributed by atoms with van der Waals surface area (Å²) in [5.74, 6) is -0.499. The maximum atomic E-state index is 12.7. The van der Waals surface area contributed by atoms with E-state index in [1.165, 1.54) is 11.3 Å². The van der Waals surface area contributed by atoms with Crippen molar-refractivity contribution in [3.8, 4) is 0 Å². The van der Waals surface area contributed by atoms with Crippen LogP contribution in [0.25, 0.3) is 10.2 Å². The Kier molecular flexibility index (Phi) is 4.59. The summed E-state index contributed by atoms with van der Waals surface area (Å²) in [5.41, 5.74) is 5.18. The Bertz CT molecular complexity index is 1060. The first-order chi connectivity index (χ1) is 12.1. The molecule has 0 saturated heterocycles. The van der Waals surface area contributed by atoms with Crippen LogP contribution in [0.4, 0.5) is 18.3 Å². The molecule has 0 radical (unpaired) electrons. The summed E-state index contributed by atoms with van der Waals surface area (Å²) in [6.45, 7) is 0. The van der Waals surface area contributed by atoms with E-state index in [-0.39, 0.29) is 0 Å². The molecule has 0 fully saturated rings. The van der Waals surface area contributed by atoms with Gasteiger partial charge in [0.2, 0.25) is 5.96 Å². The van der Waals surface area contributed by atoms with Gasteiger partial charge >= 0.3 is 6.18 Å². The van der Waals surface area contributed by atoms with Crippen molar-refractivity contribution in [3.63, 3.8) is 0 Å². The Morgan fingerprint density at radius 2 is 1.88 bits per heavy atom. The summed E-state index contributed by atoms with van der Waals surface area (Å²) in [7, 11) is -4.42. The molecule has 0 spiro atoms. The summed E-state index contributed by atoms with van der Waals surface area (Å²) in [6, 6.07) is 10.5. The number of thiazole rings is 1. The van der Waals surface area contributed by atoms with Crippen molar-refractivity contribution in [2.75, 3.05) is 5.32 Å². The lowest BCUT2D eigenvalue weighted by Crippen LogP contribution is -2.24. The SMILES string of the molecule is N/C(=N\S(=O)(=O)c1cccc(C(F)(F)F)c1)Nc1nc2ccccc2s1. The Morgan fingerprint density at radius 1 is 1.15 bits per heavy atom. The van der Waals surface area contributed by atoms with E-state index < -0.39 is 32.6 Å². The second-order valence-corrected chi connectivity index (χ2v) is 7.72. The van der Waals surface area contributed by atoms with Gasteiger partial charge in [-0.15, -0.1) is 4.40 Å². The normalized spacial score (nSPS) is 13.1. The number of aromatic nitrogens is 1. The molecule has 11 heteroatoms. The third-order valence-electron chi connectivity index (χ3n) is 3.21. The third kappa shape index (κ3) is 3.94. The molecular formula is C15H11F3N4O2S2. The first-order valence-corrected chi connectivity index (χ1v) is 9.31. The molecule has 26 heavy (non-hydrogen) atoms. The van der Waals surface area contributed by atoms with Gasteiger partial charge in [0.05, 0.1) is 20.7 Å². The molecular weight excluding hydrogens is 389 g/mol. The average Bonchev–Trinajstić information content (AvgIpc) is 2.95. The highest BCUT2D eigenvalue weighted by Crippen LogP contribution is 2.31. The van der Waals surface area contributed by atoms with Crippen molar-refractivity contribution in [1.29, 1.82) is 0 Å². The number of nitrogens with zero attached hydrogens (tertiary/aromatic N) is 2. The summed E-state index contributed by atoms with van der Waals surface area (Å²) in [5, 5.41) is 2.85. The number of nitrogens with two attached hydrogens (primary N) is 1. The summed E-state index contributed by atoms with van der Waals surface area (Å²) < 4.78 is 66.8. The Balaban J connectivity index is 1.87. The van der Waals surface area contributed by atoms with Crippen LogP contribution in [0.3, 0.4) is 0 Å². The van der Waals surface area contributed by atoms with E-state index in [0.717, 1.165) is 22.9 Å². The highest BCUT2D eigenvalue weighted by Gasteiger charge is 2.31. The smallest absolute Gasteiger partial charge is 0.369 e. The first kappa shape index (κ1) is 18.1. The first-order valence-electron chi connectivity index (χ1n) is 7.05. The summed E-state index contributed by atoms with van der Waals surface area (Å²) in [6.07, 6.45) is -4.67. The molecule has 1 heterocycles. The molecule has 0 bridgehead atoms. The van der Waals surface area contributed by atoms with E-state index in [0.29, 0.717) is 16.7 Å². The molecule has 136 valence electrons. The number of nitrogens with one attached hydrogen (secondary N) is 1. The highest BCUT2D eigenvalue weighted by molar-refractivity contribution is 7.90. The Labute approximate surface area is 150 Å². The van der Waals surface area contributed by atoms with Gasteiger partial charge < -0.3 is 11.1 Å². The van der Waals surface area contributed by atoms with Crippen molar-refractivity contribution in [3.05, 3.63) is 54.1 Å². The highest BCUT2D eigenvalue weighted by atomic mass is 32.2. The fourth-order valence-electron chi connectivity index (χ4n) is 2.07. The van der Waals surface area contributed by atoms with Crippen molar-refractivity contribution in [2.45, 2.75) is 11.1 Å². The molecule has 0 unspecified atom stereocenters. The van der Waals surface area contributed by atoms with E-state index in [1.54, 1.807) is 12.1 Å². The van der Waals surface area contributed by atoms with Crippen LogP contribution in [-0.4, -0.2) is 19.4 Å². The van der Waals surface area contributed by atoms with Crippen LogP contribution in [-0.2, 0) is 16.2 Å². The van der Waals surface area contributed by atoms with Crippen LogP contribution < -0.4 is 11.1 Å². The zero-order chi connectivity index (χ0) is 18.9. The lowest BCUT2D eigenvalue weighted by molar-refractivity contribution is -0.137. The Hall–Kier alpha value is -2.66. The maximum absolute atomic E-state index is 12.7. The molecule has 3 rings (SSSR count). The molecule has 3 aromatic rings. The molecule has 0 aliphatic carbocycles. The molecule has 2 aromatic carbocycles. The minimum absolute atomic E-state index is 0.312. The van der Waals surface area contributed by atoms with Crippen molar-refractivity contribution in [2.24, 2.45) is 10.1 Å². The maximum Gasteiger partial charge on any atom is 0.416 e. The zero-order valence-corrected chi connectivity index (χ0v) is 14.5. The predicted octanol–water partition coefficient (Wildman–Crippen LogP) is 3.43. The lowest BCUT2D eigenvalue weighted by Gasteiger charge is -2.08. The third-order valence-corrected chi connectivity index (χ3v) is 5.45. The number of sulfonamides is 1. The van der Waals surface area contributed by atoms with Gasteiger partial charge in [-0.05, 0) is 30.3 Å². The number of guanidine groups is 1. The van der Waals surface area contributed by atoms with Crippen LogP contribution in [0.5, 0.6) is 0 Å². The van der Waals surface area contributed by atoms with Crippen LogP contribution >= 0.6 is 11.3 Å². The van der Waals surface area contributed by atoms with E-state index in [1.807, 2.05) is 12.1 Å². The zero-order valence-electron chi connectivity index (χ0n) is 12.9. The number of hydrogen-bond donors (Lipinski definition) is 2. The molecule has 0 aliphatic rings. The van der Waals surface area contributed by atoms with Crippen molar-refractivity contribution in [1.82, 2.24) is 4.98 Å². The summed E-state index contributed by atoms with van der Waals surface area (Å²) >= 11 is 1.23. The molecule has 0 atom stereocenters. The Morgan fingerprint density at radius 3 is 2.58 bits per heavy atom. The second-order valence-electron chi connectivity index (χ2n) is 5.09. The van der Waals surface area contributed by atoms with E-state index in [9.17, 15) is 21.6 Å². The standard InChI is InChI=1S/C15H11F3N4O2S2/c16-15(17,18)9-4-3-5-10(8-9)26(23,24)22-13(19)21-14-20-11-6-1-2-7-12(11)25-14/h1-8H,(H3,19,20,21,22). The lowest BCUT2D eigenvalue weighted by atomic mass is 10.2. The molecule has 0 saturated carbocycles. The second kappa shape index (κ2) is 6.57.